The summed E-state index contributed by atoms with van der Waals surface area (Å²) in [7, 11) is 1.40. The van der Waals surface area contributed by atoms with Gasteiger partial charge in [-0.3, -0.25) is 0 Å². The van der Waals surface area contributed by atoms with Crippen LogP contribution in [0.25, 0.3) is 11.1 Å². The van der Waals surface area contributed by atoms with E-state index in [-0.39, 0.29) is 5.75 Å². The molecule has 18 heavy (non-hydrogen) atoms. The molecule has 0 aliphatic heterocycles. The average Bonchev–Trinajstić information content (AvgIpc) is 2.65. The van der Waals surface area contributed by atoms with Gasteiger partial charge in [0.1, 0.15) is 23.2 Å². The molecule has 0 radical (unpaired) electrons. The van der Waals surface area contributed by atoms with Crippen LogP contribution in [0.4, 0.5) is 13.2 Å². The molecule has 0 aromatic heterocycles. The first kappa shape index (κ1) is 11.1. The van der Waals surface area contributed by atoms with Crippen LogP contribution in [0.2, 0.25) is 0 Å². The molecular weight excluding hydrogens is 241 g/mol. The first-order chi connectivity index (χ1) is 8.60. The minimum atomic E-state index is -0.645. The van der Waals surface area contributed by atoms with E-state index in [2.05, 4.69) is 0 Å². The molecule has 4 heteroatoms. The Balaban J connectivity index is 2.33. The highest BCUT2D eigenvalue weighted by Crippen LogP contribution is 2.44. The van der Waals surface area contributed by atoms with Crippen molar-refractivity contribution in [3.8, 4) is 16.9 Å². The summed E-state index contributed by atoms with van der Waals surface area (Å²) in [4.78, 5) is 0. The molecular formula is C14H9F3O. The van der Waals surface area contributed by atoms with Crippen molar-refractivity contribution in [1.82, 2.24) is 0 Å². The van der Waals surface area contributed by atoms with Gasteiger partial charge in [0, 0.05) is 23.3 Å². The predicted octanol–water partition coefficient (Wildman–Crippen LogP) is 3.68. The first-order valence-electron chi connectivity index (χ1n) is 5.45. The van der Waals surface area contributed by atoms with Gasteiger partial charge in [-0.05, 0) is 29.7 Å². The molecule has 0 fully saturated rings. The molecule has 0 atom stereocenters. The van der Waals surface area contributed by atoms with E-state index in [4.69, 9.17) is 4.74 Å². The maximum absolute atomic E-state index is 13.9. The summed E-state index contributed by atoms with van der Waals surface area (Å²) in [5.41, 5.74) is 1.97. The highest BCUT2D eigenvalue weighted by atomic mass is 19.1. The Labute approximate surface area is 102 Å². The van der Waals surface area contributed by atoms with Gasteiger partial charge in [0.15, 0.2) is 0 Å². The van der Waals surface area contributed by atoms with Crippen LogP contribution in [0.1, 0.15) is 11.1 Å². The van der Waals surface area contributed by atoms with Gasteiger partial charge in [-0.2, -0.15) is 0 Å². The van der Waals surface area contributed by atoms with Gasteiger partial charge in [0.05, 0.1) is 7.11 Å². The van der Waals surface area contributed by atoms with Crippen LogP contribution < -0.4 is 4.74 Å². The Morgan fingerprint density at radius 2 is 1.50 bits per heavy atom. The van der Waals surface area contributed by atoms with E-state index in [1.807, 2.05) is 0 Å². The zero-order chi connectivity index (χ0) is 12.9. The molecule has 0 unspecified atom stereocenters. The van der Waals surface area contributed by atoms with Crippen LogP contribution in [0.3, 0.4) is 0 Å². The van der Waals surface area contributed by atoms with Gasteiger partial charge in [-0.1, -0.05) is 0 Å². The van der Waals surface area contributed by atoms with E-state index in [0.717, 1.165) is 6.07 Å². The van der Waals surface area contributed by atoms with Crippen molar-refractivity contribution in [1.29, 1.82) is 0 Å². The summed E-state index contributed by atoms with van der Waals surface area (Å²) in [5.74, 6) is -1.44. The van der Waals surface area contributed by atoms with E-state index in [1.54, 1.807) is 0 Å². The Bertz CT molecular complexity index is 650. The number of halogens is 3. The molecule has 2 aromatic carbocycles. The van der Waals surface area contributed by atoms with E-state index in [9.17, 15) is 13.2 Å². The maximum Gasteiger partial charge on any atom is 0.134 e. The fraction of sp³-hybridized carbons (Fsp3) is 0.143. The van der Waals surface area contributed by atoms with Crippen molar-refractivity contribution in [2.24, 2.45) is 0 Å². The van der Waals surface area contributed by atoms with E-state index in [1.165, 1.54) is 25.3 Å². The second-order valence-electron chi connectivity index (χ2n) is 4.24. The van der Waals surface area contributed by atoms with E-state index in [0.29, 0.717) is 28.7 Å². The molecule has 1 aliphatic rings. The standard InChI is InChI=1S/C14H9F3O/c1-18-12-6-10(16)4-8-2-7-3-9(15)5-11(17)13(7)14(8)12/h3-6H,2H2,1H3. The van der Waals surface area contributed by atoms with Gasteiger partial charge >= 0.3 is 0 Å². The Kier molecular flexibility index (Phi) is 2.33. The van der Waals surface area contributed by atoms with Crippen molar-refractivity contribution >= 4 is 0 Å². The number of rotatable bonds is 1. The second kappa shape index (κ2) is 3.77. The average molecular weight is 250 g/mol. The van der Waals surface area contributed by atoms with E-state index < -0.39 is 17.5 Å². The fourth-order valence-corrected chi connectivity index (χ4v) is 2.47. The lowest BCUT2D eigenvalue weighted by Crippen LogP contribution is -1.92. The van der Waals surface area contributed by atoms with Crippen LogP contribution >= 0.6 is 0 Å². The summed E-state index contributed by atoms with van der Waals surface area (Å²) >= 11 is 0. The number of hydrogen-bond acceptors (Lipinski definition) is 1. The third kappa shape index (κ3) is 1.49. The van der Waals surface area contributed by atoms with Crippen molar-refractivity contribution in [2.45, 2.75) is 6.42 Å². The van der Waals surface area contributed by atoms with Gasteiger partial charge < -0.3 is 4.74 Å². The van der Waals surface area contributed by atoms with Crippen molar-refractivity contribution in [3.63, 3.8) is 0 Å². The third-order valence-corrected chi connectivity index (χ3v) is 3.14. The largest absolute Gasteiger partial charge is 0.496 e. The Morgan fingerprint density at radius 1 is 0.889 bits per heavy atom. The number of hydrogen-bond donors (Lipinski definition) is 0. The van der Waals surface area contributed by atoms with Crippen LogP contribution in [0, 0.1) is 17.5 Å². The van der Waals surface area contributed by atoms with E-state index >= 15 is 0 Å². The molecule has 0 amide bonds. The number of benzene rings is 2. The summed E-state index contributed by atoms with van der Waals surface area (Å²) in [5, 5.41) is 0. The van der Waals surface area contributed by atoms with Crippen LogP contribution in [-0.2, 0) is 6.42 Å². The molecule has 2 aromatic rings. The molecule has 0 spiro atoms. The first-order valence-corrected chi connectivity index (χ1v) is 5.45. The lowest BCUT2D eigenvalue weighted by atomic mass is 10.0. The van der Waals surface area contributed by atoms with Gasteiger partial charge in [0.25, 0.3) is 0 Å². The summed E-state index contributed by atoms with van der Waals surface area (Å²) in [6.45, 7) is 0. The van der Waals surface area contributed by atoms with Gasteiger partial charge in [-0.15, -0.1) is 0 Å². The Hall–Kier alpha value is -1.97. The summed E-state index contributed by atoms with van der Waals surface area (Å²) in [6, 6.07) is 4.64. The summed E-state index contributed by atoms with van der Waals surface area (Å²) in [6.07, 6.45) is 0.313. The molecule has 3 rings (SSSR count). The molecule has 0 saturated heterocycles. The number of ether oxygens (including phenoxy) is 1. The SMILES string of the molecule is COc1cc(F)cc2c1-c1c(F)cc(F)cc1C2. The van der Waals surface area contributed by atoms with Crippen LogP contribution in [-0.4, -0.2) is 7.11 Å². The zero-order valence-electron chi connectivity index (χ0n) is 9.56. The van der Waals surface area contributed by atoms with Crippen molar-refractivity contribution < 1.29 is 17.9 Å². The third-order valence-electron chi connectivity index (χ3n) is 3.14. The predicted molar refractivity (Wildman–Crippen MR) is 61.1 cm³/mol. The maximum atomic E-state index is 13.9. The number of fused-ring (bicyclic) bond motifs is 3. The monoisotopic (exact) mass is 250 g/mol. The zero-order valence-corrected chi connectivity index (χ0v) is 9.56. The lowest BCUT2D eigenvalue weighted by molar-refractivity contribution is 0.412. The topological polar surface area (TPSA) is 9.23 Å². The quantitative estimate of drug-likeness (QED) is 0.640. The minimum Gasteiger partial charge on any atom is -0.496 e. The molecule has 0 heterocycles. The molecule has 1 aliphatic carbocycles. The Morgan fingerprint density at radius 3 is 2.17 bits per heavy atom. The second-order valence-corrected chi connectivity index (χ2v) is 4.24. The van der Waals surface area contributed by atoms with Crippen molar-refractivity contribution in [2.75, 3.05) is 7.11 Å². The fourth-order valence-electron chi connectivity index (χ4n) is 2.47. The van der Waals surface area contributed by atoms with Gasteiger partial charge in [0.2, 0.25) is 0 Å². The minimum absolute atomic E-state index is 0.272. The van der Waals surface area contributed by atoms with Crippen molar-refractivity contribution in [3.05, 3.63) is 52.8 Å². The normalized spacial score (nSPS) is 12.2. The highest BCUT2D eigenvalue weighted by molar-refractivity contribution is 5.82. The molecule has 92 valence electrons. The summed E-state index contributed by atoms with van der Waals surface area (Å²) < 4.78 is 45.5. The van der Waals surface area contributed by atoms with Gasteiger partial charge in [-0.25, -0.2) is 13.2 Å². The number of methoxy groups -OCH3 is 1. The molecule has 1 nitrogen and oxygen atoms in total. The molecule has 0 N–H and O–H groups in total. The molecule has 0 saturated carbocycles. The molecule has 0 bridgehead atoms. The van der Waals surface area contributed by atoms with Crippen LogP contribution in [0.15, 0.2) is 24.3 Å². The highest BCUT2D eigenvalue weighted by Gasteiger charge is 2.27. The lowest BCUT2D eigenvalue weighted by Gasteiger charge is -2.09. The smallest absolute Gasteiger partial charge is 0.134 e. The van der Waals surface area contributed by atoms with Crippen LogP contribution in [0.5, 0.6) is 5.75 Å².